The fraction of sp³-hybridized carbons (Fsp3) is 0. The van der Waals surface area contributed by atoms with Crippen molar-refractivity contribution in [1.82, 2.24) is 39.4 Å². The third-order valence-corrected chi connectivity index (χ3v) is 8.38. The van der Waals surface area contributed by atoms with Gasteiger partial charge in [-0.1, -0.05) is 30.3 Å². The van der Waals surface area contributed by atoms with Gasteiger partial charge in [-0.3, -0.25) is 0 Å². The number of rotatable bonds is 6. The maximum atomic E-state index is 11.4. The zero-order chi connectivity index (χ0) is 33.9. The van der Waals surface area contributed by atoms with Gasteiger partial charge in [0.15, 0.2) is 5.69 Å². The molecule has 4 aromatic heterocycles. The minimum atomic E-state index is -0.302. The van der Waals surface area contributed by atoms with Gasteiger partial charge in [0, 0.05) is 42.3 Å². The number of hydrogen-bond acceptors (Lipinski definition) is 10. The minimum absolute atomic E-state index is 0.00930. The van der Waals surface area contributed by atoms with E-state index >= 15 is 0 Å². The van der Waals surface area contributed by atoms with E-state index in [9.17, 15) is 20.4 Å². The zero-order valence-corrected chi connectivity index (χ0v) is 25.9. The summed E-state index contributed by atoms with van der Waals surface area (Å²) in [5, 5.41) is 63.3. The third-order valence-electron chi connectivity index (χ3n) is 8.38. The van der Waals surface area contributed by atoms with E-state index in [0.717, 1.165) is 11.0 Å². The van der Waals surface area contributed by atoms with E-state index in [0.29, 0.717) is 45.1 Å². The number of nitrogens with zero attached hydrogens (tertiary/aromatic N) is 9. The summed E-state index contributed by atoms with van der Waals surface area (Å²) >= 11 is 0. The lowest BCUT2D eigenvalue weighted by molar-refractivity contribution is 0.439. The van der Waals surface area contributed by atoms with E-state index in [1.165, 1.54) is 33.9 Å². The molecule has 0 aliphatic rings. The molecule has 0 aliphatic carbocycles. The molecule has 0 fully saturated rings. The number of benzene rings is 5. The summed E-state index contributed by atoms with van der Waals surface area (Å²) in [7, 11) is 0. The summed E-state index contributed by atoms with van der Waals surface area (Å²) in [6.07, 6.45) is 3.54. The van der Waals surface area contributed by atoms with Crippen molar-refractivity contribution < 1.29 is 20.4 Å². The summed E-state index contributed by atoms with van der Waals surface area (Å²) in [5.74, 6) is -1.06. The van der Waals surface area contributed by atoms with Crippen LogP contribution in [-0.4, -0.2) is 59.8 Å². The second-order valence-electron chi connectivity index (χ2n) is 11.6. The van der Waals surface area contributed by atoms with Crippen LogP contribution >= 0.6 is 0 Å². The van der Waals surface area contributed by atoms with Crippen LogP contribution in [0, 0.1) is 0 Å². The van der Waals surface area contributed by atoms with Crippen LogP contribution in [-0.2, 0) is 0 Å². The molecule has 0 spiro atoms. The van der Waals surface area contributed by atoms with E-state index in [2.05, 4.69) is 25.4 Å². The fourth-order valence-corrected chi connectivity index (χ4v) is 6.08. The lowest BCUT2D eigenvalue weighted by Gasteiger charge is -2.27. The molecule has 5 aromatic carbocycles. The molecule has 9 aromatic rings. The Hall–Kier alpha value is -7.41. The molecule has 242 valence electrons. The molecule has 13 nitrogen and oxygen atoms in total. The number of pyridine rings is 1. The van der Waals surface area contributed by atoms with Crippen molar-refractivity contribution in [3.8, 4) is 45.6 Å². The summed E-state index contributed by atoms with van der Waals surface area (Å²) in [6, 6.07) is 33.4. The smallest absolute Gasteiger partial charge is 0.169 e. The summed E-state index contributed by atoms with van der Waals surface area (Å²) in [4.78, 5) is 8.94. The number of phenolic OH excluding ortho intramolecular Hbond substituents is 4. The number of fused-ring (bicyclic) bond motifs is 3. The van der Waals surface area contributed by atoms with E-state index in [1.54, 1.807) is 39.8 Å². The Bertz CT molecular complexity index is 2460. The first kappa shape index (κ1) is 28.8. The van der Waals surface area contributed by atoms with Gasteiger partial charge in [0.1, 0.15) is 50.7 Å². The van der Waals surface area contributed by atoms with Crippen LogP contribution in [0.4, 0.5) is 17.1 Å². The summed E-state index contributed by atoms with van der Waals surface area (Å²) < 4.78 is 1.79. The van der Waals surface area contributed by atoms with Crippen LogP contribution in [0.3, 0.4) is 0 Å². The lowest BCUT2D eigenvalue weighted by atomic mass is 10.1. The average Bonchev–Trinajstić information content (AvgIpc) is 3.85. The third kappa shape index (κ3) is 4.76. The van der Waals surface area contributed by atoms with Crippen molar-refractivity contribution in [3.63, 3.8) is 0 Å². The van der Waals surface area contributed by atoms with Crippen molar-refractivity contribution in [2.45, 2.75) is 0 Å². The fourth-order valence-electron chi connectivity index (χ4n) is 6.08. The van der Waals surface area contributed by atoms with E-state index < -0.39 is 0 Å². The van der Waals surface area contributed by atoms with Gasteiger partial charge in [-0.05, 0) is 60.7 Å². The second-order valence-corrected chi connectivity index (χ2v) is 11.6. The second kappa shape index (κ2) is 11.1. The number of aromatic nitrogens is 8. The van der Waals surface area contributed by atoms with E-state index in [-0.39, 0.29) is 34.2 Å². The van der Waals surface area contributed by atoms with Crippen LogP contribution in [0.2, 0.25) is 0 Å². The highest BCUT2D eigenvalue weighted by Crippen LogP contribution is 2.46. The lowest BCUT2D eigenvalue weighted by Crippen LogP contribution is -2.11. The molecule has 4 N–H and O–H groups in total. The standard InChI is InChI=1S/C37H25N9O4/c47-31-17-24(18-32(48)36(31)30-21-43-16-6-5-11-35(43)38-30)44(22-12-14-23(15-13-22)45-39-26-7-1-2-8-27(26)40-45)25-19-33(49)37(34(50)20-25)46-41-28-9-3-4-10-29(28)42-46/h1-21,47-50H. The molecule has 0 amide bonds. The molecule has 0 bridgehead atoms. The first-order valence-electron chi connectivity index (χ1n) is 15.5. The van der Waals surface area contributed by atoms with Gasteiger partial charge in [-0.25, -0.2) is 4.98 Å². The van der Waals surface area contributed by atoms with E-state index in [4.69, 9.17) is 0 Å². The van der Waals surface area contributed by atoms with Crippen molar-refractivity contribution in [2.24, 2.45) is 0 Å². The van der Waals surface area contributed by atoms with Crippen LogP contribution in [0.5, 0.6) is 23.0 Å². The van der Waals surface area contributed by atoms with Gasteiger partial charge in [0.2, 0.25) is 0 Å². The van der Waals surface area contributed by atoms with Gasteiger partial charge in [0.05, 0.1) is 28.3 Å². The van der Waals surface area contributed by atoms with Crippen molar-refractivity contribution >= 4 is 44.8 Å². The topological polar surface area (TPSA) is 163 Å². The summed E-state index contributed by atoms with van der Waals surface area (Å²) in [6.45, 7) is 0. The Balaban J connectivity index is 1.17. The largest absolute Gasteiger partial charge is 0.507 e. The van der Waals surface area contributed by atoms with Crippen molar-refractivity contribution in [1.29, 1.82) is 0 Å². The number of phenols is 4. The first-order valence-corrected chi connectivity index (χ1v) is 15.5. The normalized spacial score (nSPS) is 11.5. The molecule has 9 rings (SSSR count). The molecule has 0 saturated carbocycles. The molecule has 0 radical (unpaired) electrons. The molecule has 0 unspecified atom stereocenters. The highest BCUT2D eigenvalue weighted by molar-refractivity contribution is 5.86. The van der Waals surface area contributed by atoms with Crippen LogP contribution in [0.1, 0.15) is 0 Å². The number of imidazole rings is 1. The monoisotopic (exact) mass is 659 g/mol. The van der Waals surface area contributed by atoms with Crippen LogP contribution in [0.25, 0.3) is 50.3 Å². The highest BCUT2D eigenvalue weighted by atomic mass is 16.3. The van der Waals surface area contributed by atoms with Crippen LogP contribution < -0.4 is 4.90 Å². The quantitative estimate of drug-likeness (QED) is 0.150. The molecule has 0 saturated heterocycles. The molecule has 0 atom stereocenters. The molecule has 50 heavy (non-hydrogen) atoms. The van der Waals surface area contributed by atoms with Crippen LogP contribution in [0.15, 0.2) is 128 Å². The minimum Gasteiger partial charge on any atom is -0.507 e. The zero-order valence-electron chi connectivity index (χ0n) is 25.9. The number of anilines is 3. The maximum Gasteiger partial charge on any atom is 0.169 e. The molecular formula is C37H25N9O4. The van der Waals surface area contributed by atoms with Gasteiger partial charge in [-0.2, -0.15) is 4.80 Å². The summed E-state index contributed by atoms with van der Waals surface area (Å²) in [5.41, 5.74) is 5.77. The highest BCUT2D eigenvalue weighted by Gasteiger charge is 2.23. The Morgan fingerprint density at radius 3 is 1.54 bits per heavy atom. The van der Waals surface area contributed by atoms with Gasteiger partial charge >= 0.3 is 0 Å². The molecule has 0 aliphatic heterocycles. The average molecular weight is 660 g/mol. The van der Waals surface area contributed by atoms with Crippen molar-refractivity contribution in [3.05, 3.63) is 128 Å². The predicted octanol–water partition coefficient (Wildman–Crippen LogP) is 6.76. The maximum absolute atomic E-state index is 11.4. The Kier molecular flexibility index (Phi) is 6.39. The predicted molar refractivity (Wildman–Crippen MR) is 187 cm³/mol. The first-order chi connectivity index (χ1) is 24.4. The Morgan fingerprint density at radius 2 is 1.00 bits per heavy atom. The van der Waals surface area contributed by atoms with Gasteiger partial charge in [-0.15, -0.1) is 25.2 Å². The van der Waals surface area contributed by atoms with E-state index in [1.807, 2.05) is 72.9 Å². The Labute approximate surface area is 282 Å². The molecular weight excluding hydrogens is 634 g/mol. The number of hydrogen-bond donors (Lipinski definition) is 4. The van der Waals surface area contributed by atoms with Gasteiger partial charge in [0.25, 0.3) is 0 Å². The van der Waals surface area contributed by atoms with Gasteiger partial charge < -0.3 is 29.7 Å². The Morgan fingerprint density at radius 1 is 0.500 bits per heavy atom. The molecule has 13 heteroatoms. The number of aromatic hydroxyl groups is 4. The van der Waals surface area contributed by atoms with Crippen molar-refractivity contribution in [2.75, 3.05) is 4.90 Å². The molecule has 4 heterocycles. The SMILES string of the molecule is Oc1cc(N(c2ccc(-n3nc4ccccc4n3)cc2)c2cc(O)c(-n3nc4ccccc4n3)c(O)c2)cc(O)c1-c1cn2ccccc2n1.